The lowest BCUT2D eigenvalue weighted by atomic mass is 10.2. The van der Waals surface area contributed by atoms with Gasteiger partial charge in [-0.25, -0.2) is 0 Å². The monoisotopic (exact) mass is 306 g/mol. The van der Waals surface area contributed by atoms with E-state index in [4.69, 9.17) is 16.3 Å². The van der Waals surface area contributed by atoms with Crippen LogP contribution in [-0.2, 0) is 11.8 Å². The molecule has 0 atom stereocenters. The molecule has 0 saturated carbocycles. The molecule has 1 amide bonds. The summed E-state index contributed by atoms with van der Waals surface area (Å²) in [6.45, 7) is 3.76. The minimum Gasteiger partial charge on any atom is -0.482 e. The molecule has 0 unspecified atom stereocenters. The molecule has 0 N–H and O–H groups in total. The molecule has 1 aromatic carbocycles. The molecule has 1 saturated heterocycles. The number of aryl methyl sites for hydroxylation is 1. The van der Waals surface area contributed by atoms with E-state index >= 15 is 0 Å². The minimum atomic E-state index is 0.0570. The molecule has 3 rings (SSSR count). The summed E-state index contributed by atoms with van der Waals surface area (Å²) in [6, 6.07) is 5.76. The largest absolute Gasteiger partial charge is 0.482 e. The second kappa shape index (κ2) is 5.60. The van der Waals surface area contributed by atoms with Crippen LogP contribution in [0.1, 0.15) is 18.5 Å². The van der Waals surface area contributed by atoms with Gasteiger partial charge < -0.3 is 14.2 Å². The molecule has 1 aromatic heterocycles. The number of hydrogen-bond donors (Lipinski definition) is 0. The van der Waals surface area contributed by atoms with Crippen molar-refractivity contribution in [3.8, 4) is 5.75 Å². The van der Waals surface area contributed by atoms with Crippen LogP contribution in [0.15, 0.2) is 18.2 Å². The van der Waals surface area contributed by atoms with Crippen molar-refractivity contribution in [3.05, 3.63) is 28.9 Å². The van der Waals surface area contributed by atoms with Crippen LogP contribution in [0, 0.1) is 6.92 Å². The van der Waals surface area contributed by atoms with Crippen molar-refractivity contribution in [2.24, 2.45) is 7.05 Å². The number of carbonyl (C=O) groups is 1. The molecular weight excluding hydrogens is 288 g/mol. The maximum absolute atomic E-state index is 12.1. The van der Waals surface area contributed by atoms with Gasteiger partial charge in [0.15, 0.2) is 6.61 Å². The third kappa shape index (κ3) is 2.48. The van der Waals surface area contributed by atoms with E-state index in [0.29, 0.717) is 5.75 Å². The van der Waals surface area contributed by atoms with E-state index in [1.807, 2.05) is 41.6 Å². The van der Waals surface area contributed by atoms with Gasteiger partial charge in [-0.1, -0.05) is 23.7 Å². The number of carbonyl (C=O) groups excluding carboxylic acids is 1. The lowest BCUT2D eigenvalue weighted by molar-refractivity contribution is -0.132. The van der Waals surface area contributed by atoms with Crippen molar-refractivity contribution in [3.63, 3.8) is 0 Å². The van der Waals surface area contributed by atoms with Gasteiger partial charge in [0.2, 0.25) is 0 Å². The molecule has 1 aliphatic heterocycles. The minimum absolute atomic E-state index is 0.0570. The van der Waals surface area contributed by atoms with Crippen LogP contribution in [0.25, 0.3) is 10.9 Å². The fourth-order valence-electron chi connectivity index (χ4n) is 2.87. The van der Waals surface area contributed by atoms with Crippen molar-refractivity contribution in [1.82, 2.24) is 9.47 Å². The Labute approximate surface area is 129 Å². The third-order valence-electron chi connectivity index (χ3n) is 4.20. The Bertz CT molecular complexity index is 687. The van der Waals surface area contributed by atoms with Crippen LogP contribution in [0.3, 0.4) is 0 Å². The van der Waals surface area contributed by atoms with Gasteiger partial charge in [-0.05, 0) is 25.8 Å². The van der Waals surface area contributed by atoms with Crippen LogP contribution < -0.4 is 4.74 Å². The number of likely N-dealkylation sites (tertiary alicyclic amines) is 1. The van der Waals surface area contributed by atoms with Crippen LogP contribution in [-0.4, -0.2) is 35.1 Å². The fourth-order valence-corrected chi connectivity index (χ4v) is 3.15. The zero-order valence-corrected chi connectivity index (χ0v) is 13.1. The molecule has 4 nitrogen and oxygen atoms in total. The van der Waals surface area contributed by atoms with E-state index < -0.39 is 0 Å². The van der Waals surface area contributed by atoms with Crippen molar-refractivity contribution in [1.29, 1.82) is 0 Å². The summed E-state index contributed by atoms with van der Waals surface area (Å²) in [5.41, 5.74) is 1.93. The second-order valence-corrected chi connectivity index (χ2v) is 5.87. The average Bonchev–Trinajstić information content (AvgIpc) is 3.10. The molecule has 1 aliphatic rings. The van der Waals surface area contributed by atoms with Gasteiger partial charge in [-0.3, -0.25) is 4.79 Å². The van der Waals surface area contributed by atoms with Gasteiger partial charge in [0, 0.05) is 31.2 Å². The number of fused-ring (bicyclic) bond motifs is 1. The molecule has 1 fully saturated rings. The Balaban J connectivity index is 1.84. The first kappa shape index (κ1) is 14.3. The molecular formula is C16H19ClN2O2. The maximum atomic E-state index is 12.1. The first-order valence-electron chi connectivity index (χ1n) is 7.23. The fraction of sp³-hybridized carbons (Fsp3) is 0.438. The number of aromatic nitrogens is 1. The van der Waals surface area contributed by atoms with Crippen LogP contribution in [0.5, 0.6) is 5.75 Å². The predicted octanol–water partition coefficient (Wildman–Crippen LogP) is 3.14. The summed E-state index contributed by atoms with van der Waals surface area (Å²) in [7, 11) is 1.96. The normalized spacial score (nSPS) is 14.9. The Kier molecular flexibility index (Phi) is 3.81. The van der Waals surface area contributed by atoms with Gasteiger partial charge >= 0.3 is 0 Å². The van der Waals surface area contributed by atoms with E-state index in [2.05, 4.69) is 0 Å². The summed E-state index contributed by atoms with van der Waals surface area (Å²) in [5, 5.41) is 1.70. The predicted molar refractivity (Wildman–Crippen MR) is 84.0 cm³/mol. The summed E-state index contributed by atoms with van der Waals surface area (Å²) in [6.07, 6.45) is 2.18. The zero-order valence-electron chi connectivity index (χ0n) is 12.4. The molecule has 21 heavy (non-hydrogen) atoms. The van der Waals surface area contributed by atoms with Crippen molar-refractivity contribution >= 4 is 28.4 Å². The highest BCUT2D eigenvalue weighted by atomic mass is 35.5. The highest BCUT2D eigenvalue weighted by Gasteiger charge is 2.19. The highest BCUT2D eigenvalue weighted by Crippen LogP contribution is 2.34. The van der Waals surface area contributed by atoms with Gasteiger partial charge in [0.05, 0.1) is 10.5 Å². The summed E-state index contributed by atoms with van der Waals surface area (Å²) in [4.78, 5) is 13.9. The number of amides is 1. The standard InChI is InChI=1S/C16H19ClN2O2/c1-11-15(17)12-6-5-7-13(16(12)18(11)2)21-10-14(20)19-8-3-4-9-19/h5-7H,3-4,8-10H2,1-2H3. The van der Waals surface area contributed by atoms with Crippen molar-refractivity contribution in [2.45, 2.75) is 19.8 Å². The van der Waals surface area contributed by atoms with E-state index in [-0.39, 0.29) is 12.5 Å². The molecule has 0 bridgehead atoms. The molecule has 112 valence electrons. The zero-order chi connectivity index (χ0) is 15.0. The number of benzene rings is 1. The van der Waals surface area contributed by atoms with Crippen molar-refractivity contribution in [2.75, 3.05) is 19.7 Å². The Morgan fingerprint density at radius 3 is 2.76 bits per heavy atom. The quantitative estimate of drug-likeness (QED) is 0.873. The molecule has 0 spiro atoms. The lowest BCUT2D eigenvalue weighted by Crippen LogP contribution is -2.32. The number of hydrogen-bond acceptors (Lipinski definition) is 2. The van der Waals surface area contributed by atoms with Gasteiger partial charge in [-0.2, -0.15) is 0 Å². The van der Waals surface area contributed by atoms with E-state index in [9.17, 15) is 4.79 Å². The van der Waals surface area contributed by atoms with Gasteiger partial charge in [0.25, 0.3) is 5.91 Å². The molecule has 0 aliphatic carbocycles. The number of para-hydroxylation sites is 1. The van der Waals surface area contributed by atoms with Crippen molar-refractivity contribution < 1.29 is 9.53 Å². The second-order valence-electron chi connectivity index (χ2n) is 5.49. The summed E-state index contributed by atoms with van der Waals surface area (Å²) >= 11 is 6.33. The SMILES string of the molecule is Cc1c(Cl)c2cccc(OCC(=O)N3CCCC3)c2n1C. The summed E-state index contributed by atoms with van der Waals surface area (Å²) < 4.78 is 7.78. The third-order valence-corrected chi connectivity index (χ3v) is 4.68. The molecule has 0 radical (unpaired) electrons. The lowest BCUT2D eigenvalue weighted by Gasteiger charge is -2.16. The Hall–Kier alpha value is -1.68. The molecule has 2 aromatic rings. The Morgan fingerprint density at radius 2 is 2.05 bits per heavy atom. The number of nitrogens with zero attached hydrogens (tertiary/aromatic N) is 2. The van der Waals surface area contributed by atoms with E-state index in [1.54, 1.807) is 0 Å². The number of halogens is 1. The topological polar surface area (TPSA) is 34.5 Å². The summed E-state index contributed by atoms with van der Waals surface area (Å²) in [5.74, 6) is 0.763. The van der Waals surface area contributed by atoms with Gasteiger partial charge in [-0.15, -0.1) is 0 Å². The van der Waals surface area contributed by atoms with Crippen LogP contribution >= 0.6 is 11.6 Å². The smallest absolute Gasteiger partial charge is 0.260 e. The first-order valence-corrected chi connectivity index (χ1v) is 7.61. The molecule has 2 heterocycles. The van der Waals surface area contributed by atoms with Crippen LogP contribution in [0.2, 0.25) is 5.02 Å². The van der Waals surface area contributed by atoms with Gasteiger partial charge in [0.1, 0.15) is 5.75 Å². The number of ether oxygens (including phenoxy) is 1. The Morgan fingerprint density at radius 1 is 1.33 bits per heavy atom. The number of rotatable bonds is 3. The first-order chi connectivity index (χ1) is 10.1. The highest BCUT2D eigenvalue weighted by molar-refractivity contribution is 6.36. The van der Waals surface area contributed by atoms with E-state index in [1.165, 1.54) is 0 Å². The maximum Gasteiger partial charge on any atom is 0.260 e. The van der Waals surface area contributed by atoms with Crippen LogP contribution in [0.4, 0.5) is 0 Å². The average molecular weight is 307 g/mol. The molecule has 5 heteroatoms. The van der Waals surface area contributed by atoms with E-state index in [0.717, 1.165) is 47.6 Å².